The number of anilines is 2. The molecule has 1 aromatic heterocycles. The number of thioether (sulfide) groups is 1. The first-order valence-corrected chi connectivity index (χ1v) is 18.3. The Bertz CT molecular complexity index is 2100. The molecule has 1 unspecified atom stereocenters. The van der Waals surface area contributed by atoms with Gasteiger partial charge in [-0.15, -0.1) is 23.1 Å². The first-order chi connectivity index (χ1) is 24.5. The third-order valence-electron chi connectivity index (χ3n) is 7.45. The summed E-state index contributed by atoms with van der Waals surface area (Å²) < 4.78 is 5.34. The smallest absolute Gasteiger partial charge is 0.341 e. The van der Waals surface area contributed by atoms with Crippen molar-refractivity contribution in [2.45, 2.75) is 30.9 Å². The second kappa shape index (κ2) is 17.4. The average Bonchev–Trinajstić information content (AvgIpc) is 3.54. The van der Waals surface area contributed by atoms with Crippen molar-refractivity contribution >= 4 is 86.8 Å². The highest BCUT2D eigenvalue weighted by molar-refractivity contribution is 8.00. The van der Waals surface area contributed by atoms with Crippen molar-refractivity contribution in [2.24, 2.45) is 0 Å². The highest BCUT2D eigenvalue weighted by atomic mass is 35.5. The summed E-state index contributed by atoms with van der Waals surface area (Å²) in [4.78, 5) is 53.8. The van der Waals surface area contributed by atoms with Gasteiger partial charge in [-0.1, -0.05) is 89.4 Å². The number of amides is 3. The lowest BCUT2D eigenvalue weighted by Crippen LogP contribution is -2.30. The molecule has 0 bridgehead atoms. The van der Waals surface area contributed by atoms with Crippen molar-refractivity contribution in [2.75, 3.05) is 17.2 Å². The number of aryl methyl sites for hydroxylation is 1. The van der Waals surface area contributed by atoms with E-state index in [2.05, 4.69) is 16.0 Å². The average molecular weight is 759 g/mol. The second-order valence-corrected chi connectivity index (χ2v) is 14.3. The van der Waals surface area contributed by atoms with Gasteiger partial charge in [0.1, 0.15) is 16.3 Å². The Kier molecular flexibility index (Phi) is 12.7. The Morgan fingerprint density at radius 1 is 0.902 bits per heavy atom. The highest BCUT2D eigenvalue weighted by Crippen LogP contribution is 2.37. The Morgan fingerprint density at radius 2 is 1.63 bits per heavy atom. The van der Waals surface area contributed by atoms with Crippen LogP contribution in [0.25, 0.3) is 17.2 Å². The maximum atomic E-state index is 13.6. The number of nitrogens with one attached hydrogen (secondary N) is 3. The van der Waals surface area contributed by atoms with E-state index in [1.807, 2.05) is 42.6 Å². The molecule has 12 heteroatoms. The van der Waals surface area contributed by atoms with Crippen LogP contribution < -0.4 is 16.0 Å². The van der Waals surface area contributed by atoms with E-state index in [1.165, 1.54) is 29.2 Å². The fourth-order valence-electron chi connectivity index (χ4n) is 4.85. The van der Waals surface area contributed by atoms with Crippen LogP contribution in [0.1, 0.15) is 45.7 Å². The SMILES string of the molecule is CCOC(=O)c1c(-c2ccc(C)cc2)csc1NC(=O)C(C)Sc1cccc(NC(=O)/C(=C\c2cccc(Cl)c2Cl)NC(=O)c2ccccc2)c1. The summed E-state index contributed by atoms with van der Waals surface area (Å²) in [6.45, 7) is 5.66. The van der Waals surface area contributed by atoms with Gasteiger partial charge in [0.05, 0.1) is 21.9 Å². The number of hydrogen-bond acceptors (Lipinski definition) is 7. The van der Waals surface area contributed by atoms with Crippen molar-refractivity contribution in [3.63, 3.8) is 0 Å². The molecular weight excluding hydrogens is 725 g/mol. The van der Waals surface area contributed by atoms with Gasteiger partial charge in [0.15, 0.2) is 0 Å². The van der Waals surface area contributed by atoms with E-state index >= 15 is 0 Å². The summed E-state index contributed by atoms with van der Waals surface area (Å²) in [5.74, 6) is -1.91. The first-order valence-electron chi connectivity index (χ1n) is 15.8. The molecular formula is C39H33Cl2N3O5S2. The van der Waals surface area contributed by atoms with Gasteiger partial charge < -0.3 is 20.7 Å². The fraction of sp³-hybridized carbons (Fsp3) is 0.128. The summed E-state index contributed by atoms with van der Waals surface area (Å²) in [5, 5.41) is 10.6. The predicted octanol–water partition coefficient (Wildman–Crippen LogP) is 9.74. The molecule has 1 heterocycles. The summed E-state index contributed by atoms with van der Waals surface area (Å²) in [5.41, 5.74) is 4.10. The van der Waals surface area contributed by atoms with Crippen LogP contribution in [0.4, 0.5) is 10.7 Å². The monoisotopic (exact) mass is 757 g/mol. The Balaban J connectivity index is 1.32. The molecule has 4 aromatic carbocycles. The number of halogens is 2. The topological polar surface area (TPSA) is 114 Å². The molecule has 3 N–H and O–H groups in total. The summed E-state index contributed by atoms with van der Waals surface area (Å²) in [7, 11) is 0. The highest BCUT2D eigenvalue weighted by Gasteiger charge is 2.25. The molecule has 0 radical (unpaired) electrons. The van der Waals surface area contributed by atoms with E-state index in [0.717, 1.165) is 11.1 Å². The summed E-state index contributed by atoms with van der Waals surface area (Å²) >= 11 is 15.1. The number of ether oxygens (including phenoxy) is 1. The lowest BCUT2D eigenvalue weighted by atomic mass is 10.0. The van der Waals surface area contributed by atoms with Crippen LogP contribution in [0.15, 0.2) is 113 Å². The zero-order valence-electron chi connectivity index (χ0n) is 27.8. The second-order valence-electron chi connectivity index (χ2n) is 11.2. The predicted molar refractivity (Wildman–Crippen MR) is 208 cm³/mol. The normalized spacial score (nSPS) is 11.7. The molecule has 5 rings (SSSR count). The van der Waals surface area contributed by atoms with Gasteiger partial charge in [-0.05, 0) is 74.4 Å². The van der Waals surface area contributed by atoms with Gasteiger partial charge in [0, 0.05) is 27.1 Å². The summed E-state index contributed by atoms with van der Waals surface area (Å²) in [6.07, 6.45) is 1.45. The van der Waals surface area contributed by atoms with E-state index in [-0.39, 0.29) is 23.2 Å². The Morgan fingerprint density at radius 3 is 2.35 bits per heavy atom. The molecule has 1 atom stereocenters. The molecule has 0 aliphatic rings. The molecule has 8 nitrogen and oxygen atoms in total. The van der Waals surface area contributed by atoms with Crippen molar-refractivity contribution in [1.29, 1.82) is 0 Å². The first kappa shape index (κ1) is 37.4. The number of thiophene rings is 1. The van der Waals surface area contributed by atoms with Crippen LogP contribution in [0.2, 0.25) is 10.0 Å². The number of carbonyl (C=O) groups is 4. The number of carbonyl (C=O) groups excluding carboxylic acids is 4. The molecule has 0 spiro atoms. The molecule has 3 amide bonds. The van der Waals surface area contributed by atoms with Crippen LogP contribution in [0.5, 0.6) is 0 Å². The lowest BCUT2D eigenvalue weighted by Gasteiger charge is -2.15. The van der Waals surface area contributed by atoms with Crippen molar-refractivity contribution < 1.29 is 23.9 Å². The number of esters is 1. The van der Waals surface area contributed by atoms with Gasteiger partial charge in [0.25, 0.3) is 11.8 Å². The fourth-order valence-corrected chi connectivity index (χ4v) is 7.10. The van der Waals surface area contributed by atoms with E-state index < -0.39 is 23.0 Å². The lowest BCUT2D eigenvalue weighted by molar-refractivity contribution is -0.115. The van der Waals surface area contributed by atoms with Gasteiger partial charge in [-0.2, -0.15) is 0 Å². The molecule has 0 fully saturated rings. The number of hydrogen-bond donors (Lipinski definition) is 3. The third-order valence-corrected chi connectivity index (χ3v) is 10.3. The van der Waals surface area contributed by atoms with Crippen LogP contribution in [0.3, 0.4) is 0 Å². The molecule has 0 saturated carbocycles. The van der Waals surface area contributed by atoms with E-state index in [0.29, 0.717) is 42.9 Å². The molecule has 260 valence electrons. The van der Waals surface area contributed by atoms with Gasteiger partial charge in [0.2, 0.25) is 5.91 Å². The van der Waals surface area contributed by atoms with Crippen molar-refractivity contribution in [3.8, 4) is 11.1 Å². The minimum absolute atomic E-state index is 0.0582. The van der Waals surface area contributed by atoms with Gasteiger partial charge >= 0.3 is 5.97 Å². The minimum Gasteiger partial charge on any atom is -0.462 e. The largest absolute Gasteiger partial charge is 0.462 e. The van der Waals surface area contributed by atoms with E-state index in [9.17, 15) is 19.2 Å². The maximum absolute atomic E-state index is 13.6. The van der Waals surface area contributed by atoms with Crippen molar-refractivity contribution in [3.05, 3.63) is 140 Å². The third kappa shape index (κ3) is 9.68. The van der Waals surface area contributed by atoms with Crippen LogP contribution in [0, 0.1) is 6.92 Å². The zero-order chi connectivity index (χ0) is 36.5. The van der Waals surface area contributed by atoms with E-state index in [4.69, 9.17) is 27.9 Å². The molecule has 0 aliphatic heterocycles. The number of rotatable bonds is 12. The van der Waals surface area contributed by atoms with Crippen LogP contribution in [-0.4, -0.2) is 35.5 Å². The summed E-state index contributed by atoms with van der Waals surface area (Å²) in [6, 6.07) is 28.2. The van der Waals surface area contributed by atoms with Crippen LogP contribution in [-0.2, 0) is 14.3 Å². The zero-order valence-corrected chi connectivity index (χ0v) is 30.9. The number of benzene rings is 4. The maximum Gasteiger partial charge on any atom is 0.341 e. The molecule has 0 aliphatic carbocycles. The van der Waals surface area contributed by atoms with Crippen molar-refractivity contribution in [1.82, 2.24) is 5.32 Å². The minimum atomic E-state index is -0.600. The molecule has 5 aromatic rings. The molecule has 51 heavy (non-hydrogen) atoms. The Labute approximate surface area is 314 Å². The quantitative estimate of drug-likeness (QED) is 0.0664. The van der Waals surface area contributed by atoms with Gasteiger partial charge in [-0.25, -0.2) is 4.79 Å². The van der Waals surface area contributed by atoms with E-state index in [1.54, 1.807) is 80.6 Å². The standard InChI is InChI=1S/C39H33Cl2N3O5S2/c1-4-49-39(48)33-30(25-18-16-23(2)17-19-25)22-50-38(33)44-35(45)24(3)51-29-14-9-13-28(21-29)42-37(47)32(20-27-12-8-15-31(40)34(27)41)43-36(46)26-10-6-5-7-11-26/h5-22,24H,4H2,1-3H3,(H,42,47)(H,43,46)(H,44,45)/b32-20+. The molecule has 0 saturated heterocycles. The van der Waals surface area contributed by atoms with Gasteiger partial charge in [-0.3, -0.25) is 14.4 Å². The van der Waals surface area contributed by atoms with Crippen LogP contribution >= 0.6 is 46.3 Å². The Hall–Kier alpha value is -4.87.